The van der Waals surface area contributed by atoms with E-state index >= 15 is 0 Å². The summed E-state index contributed by atoms with van der Waals surface area (Å²) in [5, 5.41) is 3.15. The third-order valence-electron chi connectivity index (χ3n) is 3.08. The van der Waals surface area contributed by atoms with Crippen LogP contribution in [0.15, 0.2) is 18.2 Å². The van der Waals surface area contributed by atoms with E-state index in [0.29, 0.717) is 5.02 Å². The Hall–Kier alpha value is -1.26. The molecule has 0 unspecified atom stereocenters. The van der Waals surface area contributed by atoms with Crippen molar-refractivity contribution < 1.29 is 9.59 Å². The minimum absolute atomic E-state index is 0.0715. The molecule has 2 amide bonds. The zero-order valence-electron chi connectivity index (χ0n) is 10.5. The number of likely N-dealkylation sites (tertiary alicyclic amines) is 1. The van der Waals surface area contributed by atoms with Crippen LogP contribution in [0.1, 0.15) is 23.7 Å². The van der Waals surface area contributed by atoms with Gasteiger partial charge < -0.3 is 10.2 Å². The van der Waals surface area contributed by atoms with Crippen LogP contribution < -0.4 is 5.32 Å². The SMILES string of the molecule is C[C@@H](NC(=O)c1cccc(Cl)c1Cl)C(=O)N1CCC1. The molecule has 19 heavy (non-hydrogen) atoms. The number of rotatable bonds is 3. The second kappa shape index (κ2) is 5.80. The molecule has 1 saturated heterocycles. The summed E-state index contributed by atoms with van der Waals surface area (Å²) in [4.78, 5) is 25.6. The van der Waals surface area contributed by atoms with E-state index in [4.69, 9.17) is 23.2 Å². The zero-order valence-corrected chi connectivity index (χ0v) is 12.0. The first-order valence-corrected chi connectivity index (χ1v) is 6.80. The van der Waals surface area contributed by atoms with Crippen LogP contribution in [0.25, 0.3) is 0 Å². The maximum Gasteiger partial charge on any atom is 0.253 e. The Balaban J connectivity index is 2.04. The van der Waals surface area contributed by atoms with Gasteiger partial charge in [-0.15, -0.1) is 0 Å². The number of hydrogen-bond donors (Lipinski definition) is 1. The van der Waals surface area contributed by atoms with Crippen LogP contribution in [0.2, 0.25) is 10.0 Å². The third-order valence-corrected chi connectivity index (χ3v) is 3.90. The molecule has 1 heterocycles. The van der Waals surface area contributed by atoms with E-state index in [1.807, 2.05) is 0 Å². The molecular weight excluding hydrogens is 287 g/mol. The molecule has 0 radical (unpaired) electrons. The van der Waals surface area contributed by atoms with E-state index < -0.39 is 11.9 Å². The highest BCUT2D eigenvalue weighted by Crippen LogP contribution is 2.25. The molecule has 1 aliphatic heterocycles. The van der Waals surface area contributed by atoms with Crippen LogP contribution >= 0.6 is 23.2 Å². The van der Waals surface area contributed by atoms with Crippen LogP contribution in [0, 0.1) is 0 Å². The van der Waals surface area contributed by atoms with Gasteiger partial charge in [0.15, 0.2) is 0 Å². The molecule has 0 spiro atoms. The molecule has 2 rings (SSSR count). The lowest BCUT2D eigenvalue weighted by atomic mass is 10.1. The van der Waals surface area contributed by atoms with Crippen molar-refractivity contribution in [1.82, 2.24) is 10.2 Å². The maximum absolute atomic E-state index is 12.0. The first kappa shape index (κ1) is 14.2. The molecule has 1 aromatic carbocycles. The van der Waals surface area contributed by atoms with Crippen LogP contribution in [-0.4, -0.2) is 35.8 Å². The molecule has 0 aliphatic carbocycles. The minimum atomic E-state index is -0.567. The molecule has 1 aliphatic rings. The molecule has 0 aromatic heterocycles. The zero-order chi connectivity index (χ0) is 14.0. The van der Waals surface area contributed by atoms with Crippen LogP contribution in [0.5, 0.6) is 0 Å². The largest absolute Gasteiger partial charge is 0.341 e. The Morgan fingerprint density at radius 3 is 2.58 bits per heavy atom. The highest BCUT2D eigenvalue weighted by molar-refractivity contribution is 6.43. The van der Waals surface area contributed by atoms with Gasteiger partial charge in [0.1, 0.15) is 6.04 Å². The Bertz CT molecular complexity index is 515. The smallest absolute Gasteiger partial charge is 0.253 e. The fraction of sp³-hybridized carbons (Fsp3) is 0.385. The van der Waals surface area contributed by atoms with Crippen molar-refractivity contribution >= 4 is 35.0 Å². The minimum Gasteiger partial charge on any atom is -0.341 e. The first-order chi connectivity index (χ1) is 9.00. The Morgan fingerprint density at radius 2 is 2.00 bits per heavy atom. The van der Waals surface area contributed by atoms with Gasteiger partial charge in [-0.3, -0.25) is 9.59 Å². The summed E-state index contributed by atoms with van der Waals surface area (Å²) in [6.45, 7) is 3.19. The molecular formula is C13H14Cl2N2O2. The summed E-state index contributed by atoms with van der Waals surface area (Å²) >= 11 is 11.8. The highest BCUT2D eigenvalue weighted by Gasteiger charge is 2.26. The molecule has 102 valence electrons. The average molecular weight is 301 g/mol. The fourth-order valence-corrected chi connectivity index (χ4v) is 2.21. The van der Waals surface area contributed by atoms with Crippen molar-refractivity contribution in [3.05, 3.63) is 33.8 Å². The number of amides is 2. The van der Waals surface area contributed by atoms with Crippen molar-refractivity contribution in [2.75, 3.05) is 13.1 Å². The molecule has 0 bridgehead atoms. The Morgan fingerprint density at radius 1 is 1.32 bits per heavy atom. The van der Waals surface area contributed by atoms with Gasteiger partial charge in [0.05, 0.1) is 15.6 Å². The van der Waals surface area contributed by atoms with Crippen molar-refractivity contribution in [1.29, 1.82) is 0 Å². The number of halogens is 2. The normalized spacial score (nSPS) is 15.6. The molecule has 6 heteroatoms. The van der Waals surface area contributed by atoms with Gasteiger partial charge in [-0.05, 0) is 25.5 Å². The molecule has 0 saturated carbocycles. The maximum atomic E-state index is 12.0. The van der Waals surface area contributed by atoms with E-state index in [1.54, 1.807) is 30.0 Å². The van der Waals surface area contributed by atoms with Crippen LogP contribution in [-0.2, 0) is 4.79 Å². The number of nitrogens with one attached hydrogen (secondary N) is 1. The quantitative estimate of drug-likeness (QED) is 0.931. The Kier molecular flexibility index (Phi) is 4.32. The van der Waals surface area contributed by atoms with Crippen LogP contribution in [0.3, 0.4) is 0 Å². The molecule has 1 fully saturated rings. The second-order valence-electron chi connectivity index (χ2n) is 4.48. The van der Waals surface area contributed by atoms with Gasteiger partial charge >= 0.3 is 0 Å². The summed E-state index contributed by atoms with van der Waals surface area (Å²) in [5.41, 5.74) is 0.275. The van der Waals surface area contributed by atoms with Crippen molar-refractivity contribution in [3.63, 3.8) is 0 Å². The predicted molar refractivity (Wildman–Crippen MR) is 74.6 cm³/mol. The third kappa shape index (κ3) is 3.01. The lowest BCUT2D eigenvalue weighted by molar-refractivity contribution is -0.136. The van der Waals surface area contributed by atoms with E-state index in [-0.39, 0.29) is 16.5 Å². The first-order valence-electron chi connectivity index (χ1n) is 6.04. The van der Waals surface area contributed by atoms with E-state index in [2.05, 4.69) is 5.32 Å². The van der Waals surface area contributed by atoms with Crippen molar-refractivity contribution in [3.8, 4) is 0 Å². The van der Waals surface area contributed by atoms with Gasteiger partial charge in [-0.2, -0.15) is 0 Å². The lowest BCUT2D eigenvalue weighted by Gasteiger charge is -2.33. The van der Waals surface area contributed by atoms with Crippen molar-refractivity contribution in [2.45, 2.75) is 19.4 Å². The summed E-state index contributed by atoms with van der Waals surface area (Å²) < 4.78 is 0. The summed E-state index contributed by atoms with van der Waals surface area (Å²) in [6, 6.07) is 4.26. The molecule has 1 atom stereocenters. The summed E-state index contributed by atoms with van der Waals surface area (Å²) in [5.74, 6) is -0.466. The fourth-order valence-electron chi connectivity index (χ4n) is 1.83. The lowest BCUT2D eigenvalue weighted by Crippen LogP contribution is -2.51. The topological polar surface area (TPSA) is 49.4 Å². The summed E-state index contributed by atoms with van der Waals surface area (Å²) in [6.07, 6.45) is 1.02. The van der Waals surface area contributed by atoms with Gasteiger partial charge in [-0.1, -0.05) is 29.3 Å². The van der Waals surface area contributed by atoms with E-state index in [9.17, 15) is 9.59 Å². The standard InChI is InChI=1S/C13H14Cl2N2O2/c1-8(13(19)17-6-3-7-17)16-12(18)9-4-2-5-10(14)11(9)15/h2,4-5,8H,3,6-7H2,1H3,(H,16,18)/t8-/m1/s1. The number of carbonyl (C=O) groups excluding carboxylic acids is 2. The van der Waals surface area contributed by atoms with Gasteiger partial charge in [0, 0.05) is 13.1 Å². The van der Waals surface area contributed by atoms with Crippen molar-refractivity contribution in [2.24, 2.45) is 0 Å². The Labute approximate surface area is 121 Å². The number of carbonyl (C=O) groups is 2. The molecule has 1 N–H and O–H groups in total. The number of hydrogen-bond acceptors (Lipinski definition) is 2. The average Bonchev–Trinajstić information content (AvgIpc) is 2.30. The monoisotopic (exact) mass is 300 g/mol. The number of benzene rings is 1. The number of nitrogens with zero attached hydrogens (tertiary/aromatic N) is 1. The molecule has 4 nitrogen and oxygen atoms in total. The van der Waals surface area contributed by atoms with Gasteiger partial charge in [0.25, 0.3) is 5.91 Å². The summed E-state index contributed by atoms with van der Waals surface area (Å²) in [7, 11) is 0. The molecule has 1 aromatic rings. The van der Waals surface area contributed by atoms with E-state index in [1.165, 1.54) is 0 Å². The van der Waals surface area contributed by atoms with E-state index in [0.717, 1.165) is 19.5 Å². The highest BCUT2D eigenvalue weighted by atomic mass is 35.5. The van der Waals surface area contributed by atoms with Gasteiger partial charge in [0.2, 0.25) is 5.91 Å². The second-order valence-corrected chi connectivity index (χ2v) is 5.26. The van der Waals surface area contributed by atoms with Gasteiger partial charge in [-0.25, -0.2) is 0 Å². The predicted octanol–water partition coefficient (Wildman–Crippen LogP) is 2.34. The van der Waals surface area contributed by atoms with Crippen LogP contribution in [0.4, 0.5) is 0 Å².